The van der Waals surface area contributed by atoms with Gasteiger partial charge in [-0.15, -0.1) is 0 Å². The van der Waals surface area contributed by atoms with E-state index in [4.69, 9.17) is 23.8 Å². The van der Waals surface area contributed by atoms with Crippen LogP contribution >= 0.6 is 0 Å². The molecule has 10 aromatic carbocycles. The maximum atomic E-state index is 7.07. The van der Waals surface area contributed by atoms with Crippen molar-refractivity contribution in [2.45, 2.75) is 0 Å². The minimum atomic E-state index is 0.534. The second-order valence-electron chi connectivity index (χ2n) is 17.3. The summed E-state index contributed by atoms with van der Waals surface area (Å²) in [6, 6.07) is 82.0. The van der Waals surface area contributed by atoms with E-state index in [-0.39, 0.29) is 0 Å². The summed E-state index contributed by atoms with van der Waals surface area (Å²) in [6.45, 7) is 0. The molecule has 0 fully saturated rings. The number of hydrogen-bond donors (Lipinski definition) is 0. The smallest absolute Gasteiger partial charge is 0.172 e. The molecule has 0 radical (unpaired) electrons. The summed E-state index contributed by atoms with van der Waals surface area (Å²) in [6.07, 6.45) is 0. The number of para-hydroxylation sites is 3. The monoisotopic (exact) mass is 880 g/mol. The van der Waals surface area contributed by atoms with Gasteiger partial charge in [-0.05, 0) is 89.0 Å². The van der Waals surface area contributed by atoms with Crippen LogP contribution in [0.3, 0.4) is 0 Å². The average Bonchev–Trinajstić information content (AvgIpc) is 4.11. The van der Waals surface area contributed by atoms with Crippen molar-refractivity contribution in [2.75, 3.05) is 0 Å². The SMILES string of the molecule is c1cccc(-c2nc(-c3ccccc3)nc(-c3cccc(-c4ccc(-c5ccc6oc7ccccc7c6c5-n5c6ccccc6c6cc(-c7ccccc7)ccc65)c5oc6ccccc6c45)c3)n2)c#1. The minimum Gasteiger partial charge on any atom is -0.456 e. The lowest BCUT2D eigenvalue weighted by molar-refractivity contribution is 0.668. The van der Waals surface area contributed by atoms with E-state index in [1.165, 1.54) is 21.9 Å². The summed E-state index contributed by atoms with van der Waals surface area (Å²) in [5.74, 6) is 1.69. The fourth-order valence-corrected chi connectivity index (χ4v) is 10.2. The van der Waals surface area contributed by atoms with Gasteiger partial charge in [0.2, 0.25) is 0 Å². The molecule has 320 valence electrons. The summed E-state index contributed by atoms with van der Waals surface area (Å²) in [4.78, 5) is 15.0. The van der Waals surface area contributed by atoms with Crippen LogP contribution in [0.25, 0.3) is 139 Å². The molecule has 0 unspecified atom stereocenters. The van der Waals surface area contributed by atoms with Crippen LogP contribution in [-0.4, -0.2) is 19.5 Å². The van der Waals surface area contributed by atoms with Gasteiger partial charge in [0.25, 0.3) is 0 Å². The molecular weight excluding hydrogens is 845 g/mol. The van der Waals surface area contributed by atoms with E-state index < -0.39 is 0 Å². The van der Waals surface area contributed by atoms with Gasteiger partial charge in [-0.2, -0.15) is 0 Å². The van der Waals surface area contributed by atoms with Crippen molar-refractivity contribution < 1.29 is 8.83 Å². The normalized spacial score (nSPS) is 11.7. The van der Waals surface area contributed by atoms with Crippen LogP contribution in [0.15, 0.2) is 227 Å². The van der Waals surface area contributed by atoms with Crippen LogP contribution in [0.5, 0.6) is 0 Å². The third-order valence-electron chi connectivity index (χ3n) is 13.3. The maximum absolute atomic E-state index is 7.07. The Morgan fingerprint density at radius 3 is 1.78 bits per heavy atom. The molecule has 0 spiro atoms. The summed E-state index contributed by atoms with van der Waals surface area (Å²) < 4.78 is 16.2. The number of hydrogen-bond acceptors (Lipinski definition) is 5. The van der Waals surface area contributed by atoms with Gasteiger partial charge in [0.15, 0.2) is 17.5 Å². The molecular formula is C63H36N4O2. The molecule has 0 amide bonds. The van der Waals surface area contributed by atoms with E-state index >= 15 is 0 Å². The molecule has 6 nitrogen and oxygen atoms in total. The molecule has 14 aromatic rings. The first-order valence-corrected chi connectivity index (χ1v) is 23.0. The maximum Gasteiger partial charge on any atom is 0.172 e. The Kier molecular flexibility index (Phi) is 8.70. The van der Waals surface area contributed by atoms with Gasteiger partial charge in [-0.25, -0.2) is 15.0 Å². The van der Waals surface area contributed by atoms with Gasteiger partial charge in [0.1, 0.15) is 22.3 Å². The van der Waals surface area contributed by atoms with E-state index in [2.05, 4.69) is 174 Å². The second-order valence-corrected chi connectivity index (χ2v) is 17.3. The Balaban J connectivity index is 1.01. The van der Waals surface area contributed by atoms with Crippen molar-refractivity contribution >= 4 is 65.7 Å². The molecule has 0 saturated heterocycles. The third kappa shape index (κ3) is 6.26. The first-order chi connectivity index (χ1) is 34.2. The lowest BCUT2D eigenvalue weighted by atomic mass is 9.92. The van der Waals surface area contributed by atoms with Crippen LogP contribution in [0.2, 0.25) is 0 Å². The number of aromatic nitrogens is 4. The summed E-state index contributed by atoms with van der Waals surface area (Å²) in [5.41, 5.74) is 15.4. The topological polar surface area (TPSA) is 69.9 Å². The van der Waals surface area contributed by atoms with Gasteiger partial charge >= 0.3 is 0 Å². The Bertz CT molecular complexity index is 4250. The predicted octanol–water partition coefficient (Wildman–Crippen LogP) is 16.4. The van der Waals surface area contributed by atoms with E-state index in [0.29, 0.717) is 17.5 Å². The van der Waals surface area contributed by atoms with Crippen LogP contribution in [-0.2, 0) is 0 Å². The molecule has 0 N–H and O–H groups in total. The average molecular weight is 881 g/mol. The molecule has 0 bridgehead atoms. The fourth-order valence-electron chi connectivity index (χ4n) is 10.2. The highest BCUT2D eigenvalue weighted by Crippen LogP contribution is 2.48. The number of rotatable bonds is 7. The molecule has 0 aliphatic carbocycles. The standard InChI is InChI=1S/C63H36N4O2/c1-4-17-39(18-5-1)42-31-35-53-51(38-42)46-25-10-13-28-52(46)67(53)59-47(34-36-56-58(59)50-27-12-14-29-54(50)68-56)48-33-32-45(57-49-26-11-15-30-55(49)69-60(48)57)43-23-16-24-44(37-43)63-65-61(40-19-6-2-7-20-40)64-62(66-63)41-21-8-3-9-22-41/h1-8,10-21,23-38H. The third-order valence-corrected chi connectivity index (χ3v) is 13.3. The van der Waals surface area contributed by atoms with Crippen LogP contribution in [0.4, 0.5) is 0 Å². The molecule has 14 rings (SSSR count). The van der Waals surface area contributed by atoms with Crippen molar-refractivity contribution in [3.63, 3.8) is 0 Å². The van der Waals surface area contributed by atoms with E-state index in [1.807, 2.05) is 60.7 Å². The quantitative estimate of drug-likeness (QED) is 0.159. The van der Waals surface area contributed by atoms with Crippen LogP contribution < -0.4 is 0 Å². The van der Waals surface area contributed by atoms with Crippen molar-refractivity contribution in [2.24, 2.45) is 0 Å². The zero-order valence-corrected chi connectivity index (χ0v) is 36.9. The number of benzene rings is 9. The lowest BCUT2D eigenvalue weighted by Gasteiger charge is -2.17. The van der Waals surface area contributed by atoms with Gasteiger partial charge in [0, 0.05) is 49.2 Å². The van der Waals surface area contributed by atoms with Crippen molar-refractivity contribution in [1.29, 1.82) is 0 Å². The molecule has 4 heterocycles. The molecule has 4 aromatic heterocycles. The molecule has 0 atom stereocenters. The second kappa shape index (κ2) is 15.5. The predicted molar refractivity (Wildman–Crippen MR) is 279 cm³/mol. The Hall–Kier alpha value is -9.57. The van der Waals surface area contributed by atoms with Crippen LogP contribution in [0.1, 0.15) is 0 Å². The Morgan fingerprint density at radius 1 is 0.362 bits per heavy atom. The number of nitrogens with zero attached hydrogens (tertiary/aromatic N) is 4. The zero-order valence-electron chi connectivity index (χ0n) is 36.9. The summed E-state index contributed by atoms with van der Waals surface area (Å²) >= 11 is 0. The fraction of sp³-hybridized carbons (Fsp3) is 0. The van der Waals surface area contributed by atoms with Gasteiger partial charge in [-0.3, -0.25) is 0 Å². The molecule has 0 aliphatic heterocycles. The van der Waals surface area contributed by atoms with Crippen LogP contribution in [0, 0.1) is 12.1 Å². The van der Waals surface area contributed by atoms with Gasteiger partial charge < -0.3 is 13.4 Å². The van der Waals surface area contributed by atoms with Gasteiger partial charge in [-0.1, -0.05) is 164 Å². The molecule has 0 saturated carbocycles. The first-order valence-electron chi connectivity index (χ1n) is 23.0. The molecule has 6 heteroatoms. The first kappa shape index (κ1) is 38.7. The largest absolute Gasteiger partial charge is 0.456 e. The van der Waals surface area contributed by atoms with Gasteiger partial charge in [0.05, 0.1) is 27.7 Å². The number of furan rings is 2. The highest BCUT2D eigenvalue weighted by atomic mass is 16.3. The lowest BCUT2D eigenvalue weighted by Crippen LogP contribution is -2.00. The van der Waals surface area contributed by atoms with Crippen molar-refractivity contribution in [3.8, 4) is 73.2 Å². The highest BCUT2D eigenvalue weighted by Gasteiger charge is 2.26. The van der Waals surface area contributed by atoms with Crippen molar-refractivity contribution in [1.82, 2.24) is 19.5 Å². The van der Waals surface area contributed by atoms with E-state index in [9.17, 15) is 0 Å². The molecule has 69 heavy (non-hydrogen) atoms. The zero-order chi connectivity index (χ0) is 45.4. The van der Waals surface area contributed by atoms with E-state index in [1.54, 1.807) is 0 Å². The summed E-state index contributed by atoms with van der Waals surface area (Å²) in [5, 5.41) is 6.48. The number of fused-ring (bicyclic) bond motifs is 9. The highest BCUT2D eigenvalue weighted by molar-refractivity contribution is 6.21. The minimum absolute atomic E-state index is 0.534. The Labute approximate surface area is 396 Å². The molecule has 0 aliphatic rings. The van der Waals surface area contributed by atoms with E-state index in [0.717, 1.165) is 99.5 Å². The summed E-state index contributed by atoms with van der Waals surface area (Å²) in [7, 11) is 0. The van der Waals surface area contributed by atoms with Crippen molar-refractivity contribution in [3.05, 3.63) is 231 Å². The Morgan fingerprint density at radius 2 is 0.986 bits per heavy atom.